The average Bonchev–Trinajstić information content (AvgIpc) is 2.36. The van der Waals surface area contributed by atoms with E-state index in [1.807, 2.05) is 27.7 Å². The lowest BCUT2D eigenvalue weighted by Crippen LogP contribution is -2.47. The van der Waals surface area contributed by atoms with Crippen molar-refractivity contribution < 1.29 is 4.79 Å². The molecule has 0 fully saturated rings. The third kappa shape index (κ3) is 5.15. The molecule has 0 aliphatic carbocycles. The van der Waals surface area contributed by atoms with Gasteiger partial charge in [-0.3, -0.25) is 9.59 Å². The number of anilines is 1. The summed E-state index contributed by atoms with van der Waals surface area (Å²) in [7, 11) is 0. The van der Waals surface area contributed by atoms with Crippen molar-refractivity contribution in [3.8, 4) is 0 Å². The fraction of sp³-hybridized carbons (Fsp3) is 0.643. The number of hydrogen-bond donors (Lipinski definition) is 2. The monoisotopic (exact) mass is 358 g/mol. The third-order valence-corrected chi connectivity index (χ3v) is 3.45. The standard InChI is InChI=1S/C14H23BrN4O2/c1-6-7-19-13(21)11(15)10(8-16-19)17-9(2)12(20)18-14(3,4)5/h8-9,17H,6-7H2,1-5H3,(H,18,20). The van der Waals surface area contributed by atoms with Crippen LogP contribution in [0.2, 0.25) is 0 Å². The van der Waals surface area contributed by atoms with Crippen molar-refractivity contribution in [2.75, 3.05) is 5.32 Å². The smallest absolute Gasteiger partial charge is 0.283 e. The lowest BCUT2D eigenvalue weighted by molar-refractivity contribution is -0.122. The van der Waals surface area contributed by atoms with Gasteiger partial charge in [0.1, 0.15) is 10.5 Å². The highest BCUT2D eigenvalue weighted by molar-refractivity contribution is 9.10. The zero-order valence-electron chi connectivity index (χ0n) is 13.2. The second-order valence-electron chi connectivity index (χ2n) is 6.01. The minimum absolute atomic E-state index is 0.132. The molecule has 1 aromatic rings. The maximum absolute atomic E-state index is 12.1. The van der Waals surface area contributed by atoms with Gasteiger partial charge >= 0.3 is 0 Å². The van der Waals surface area contributed by atoms with Crippen molar-refractivity contribution in [2.24, 2.45) is 0 Å². The van der Waals surface area contributed by atoms with Gasteiger partial charge in [0, 0.05) is 12.1 Å². The molecule has 1 aromatic heterocycles. The summed E-state index contributed by atoms with van der Waals surface area (Å²) in [5, 5.41) is 9.99. The fourth-order valence-electron chi connectivity index (χ4n) is 1.71. The first-order valence-electron chi connectivity index (χ1n) is 7.00. The van der Waals surface area contributed by atoms with Crippen LogP contribution >= 0.6 is 15.9 Å². The molecule has 21 heavy (non-hydrogen) atoms. The summed E-state index contributed by atoms with van der Waals surface area (Å²) in [6.45, 7) is 10.0. The molecule has 1 rings (SSSR count). The first kappa shape index (κ1) is 17.7. The molecule has 1 unspecified atom stereocenters. The highest BCUT2D eigenvalue weighted by Gasteiger charge is 2.20. The van der Waals surface area contributed by atoms with E-state index in [0.717, 1.165) is 6.42 Å². The first-order chi connectivity index (χ1) is 9.65. The number of aryl methyl sites for hydroxylation is 1. The summed E-state index contributed by atoms with van der Waals surface area (Å²) in [4.78, 5) is 24.1. The van der Waals surface area contributed by atoms with Gasteiger partial charge in [0.15, 0.2) is 0 Å². The Labute approximate surface area is 133 Å². The van der Waals surface area contributed by atoms with E-state index in [9.17, 15) is 9.59 Å². The maximum atomic E-state index is 12.1. The Hall–Kier alpha value is -1.37. The predicted molar refractivity (Wildman–Crippen MR) is 87.5 cm³/mol. The normalized spacial score (nSPS) is 12.9. The molecule has 0 spiro atoms. The summed E-state index contributed by atoms with van der Waals surface area (Å²) in [6.07, 6.45) is 2.39. The van der Waals surface area contributed by atoms with Crippen molar-refractivity contribution in [3.05, 3.63) is 21.0 Å². The Bertz CT molecular complexity index is 563. The van der Waals surface area contributed by atoms with E-state index in [2.05, 4.69) is 31.7 Å². The number of hydrogen-bond acceptors (Lipinski definition) is 4. The Morgan fingerprint density at radius 2 is 2.10 bits per heavy atom. The molecule has 0 bridgehead atoms. The van der Waals surface area contributed by atoms with Gasteiger partial charge in [-0.1, -0.05) is 6.92 Å². The second kappa shape index (κ2) is 7.06. The molecule has 0 aromatic carbocycles. The van der Waals surface area contributed by atoms with Gasteiger partial charge in [-0.2, -0.15) is 5.10 Å². The number of carbonyl (C=O) groups is 1. The van der Waals surface area contributed by atoms with Gasteiger partial charge in [-0.15, -0.1) is 0 Å². The summed E-state index contributed by atoms with van der Waals surface area (Å²) >= 11 is 3.27. The van der Waals surface area contributed by atoms with Gasteiger partial charge in [0.05, 0.1) is 11.9 Å². The predicted octanol–water partition coefficient (Wildman–Crippen LogP) is 2.13. The van der Waals surface area contributed by atoms with E-state index in [-0.39, 0.29) is 17.0 Å². The van der Waals surface area contributed by atoms with Crippen molar-refractivity contribution in [2.45, 2.75) is 59.2 Å². The van der Waals surface area contributed by atoms with E-state index in [4.69, 9.17) is 0 Å². The molecule has 0 saturated carbocycles. The number of nitrogens with one attached hydrogen (secondary N) is 2. The molecule has 118 valence electrons. The summed E-state index contributed by atoms with van der Waals surface area (Å²) < 4.78 is 1.79. The summed E-state index contributed by atoms with van der Waals surface area (Å²) in [5.41, 5.74) is 0.0155. The Balaban J connectivity index is 2.86. The van der Waals surface area contributed by atoms with Crippen molar-refractivity contribution in [1.29, 1.82) is 0 Å². The fourth-order valence-corrected chi connectivity index (χ4v) is 2.13. The first-order valence-corrected chi connectivity index (χ1v) is 7.79. The van der Waals surface area contributed by atoms with E-state index in [1.54, 1.807) is 13.1 Å². The van der Waals surface area contributed by atoms with Gasteiger partial charge in [-0.05, 0) is 50.0 Å². The van der Waals surface area contributed by atoms with Crippen LogP contribution in [-0.2, 0) is 11.3 Å². The van der Waals surface area contributed by atoms with Gasteiger partial charge in [-0.25, -0.2) is 4.68 Å². The van der Waals surface area contributed by atoms with Crippen LogP contribution in [0, 0.1) is 0 Å². The Kier molecular flexibility index (Phi) is 5.95. The van der Waals surface area contributed by atoms with Crippen molar-refractivity contribution in [3.63, 3.8) is 0 Å². The quantitative estimate of drug-likeness (QED) is 0.845. The number of nitrogens with zero attached hydrogens (tertiary/aromatic N) is 2. The minimum atomic E-state index is -0.469. The molecule has 7 heteroatoms. The zero-order chi connectivity index (χ0) is 16.2. The molecule has 0 radical (unpaired) electrons. The van der Waals surface area contributed by atoms with Crippen LogP contribution < -0.4 is 16.2 Å². The van der Waals surface area contributed by atoms with Crippen LogP contribution in [0.1, 0.15) is 41.0 Å². The van der Waals surface area contributed by atoms with Crippen LogP contribution in [-0.4, -0.2) is 27.3 Å². The largest absolute Gasteiger partial charge is 0.372 e. The third-order valence-electron chi connectivity index (χ3n) is 2.68. The van der Waals surface area contributed by atoms with Crippen molar-refractivity contribution in [1.82, 2.24) is 15.1 Å². The topological polar surface area (TPSA) is 76.0 Å². The lowest BCUT2D eigenvalue weighted by atomic mass is 10.1. The molecular weight excluding hydrogens is 336 g/mol. The number of aromatic nitrogens is 2. The van der Waals surface area contributed by atoms with Crippen LogP contribution in [0.3, 0.4) is 0 Å². The van der Waals surface area contributed by atoms with Crippen LogP contribution in [0.25, 0.3) is 0 Å². The van der Waals surface area contributed by atoms with Gasteiger partial charge in [0.2, 0.25) is 5.91 Å². The molecule has 1 atom stereocenters. The highest BCUT2D eigenvalue weighted by Crippen LogP contribution is 2.17. The summed E-state index contributed by atoms with van der Waals surface area (Å²) in [6, 6.07) is -0.469. The number of rotatable bonds is 5. The molecular formula is C14H23BrN4O2. The molecule has 1 heterocycles. The van der Waals surface area contributed by atoms with Crippen LogP contribution in [0.4, 0.5) is 5.69 Å². The van der Waals surface area contributed by atoms with Crippen LogP contribution in [0.5, 0.6) is 0 Å². The molecule has 0 aliphatic rings. The SMILES string of the molecule is CCCn1ncc(NC(C)C(=O)NC(C)(C)C)c(Br)c1=O. The van der Waals surface area contributed by atoms with Crippen molar-refractivity contribution >= 4 is 27.5 Å². The minimum Gasteiger partial charge on any atom is -0.372 e. The Morgan fingerprint density at radius 3 is 2.62 bits per heavy atom. The van der Waals surface area contributed by atoms with E-state index in [0.29, 0.717) is 16.7 Å². The average molecular weight is 359 g/mol. The number of carbonyl (C=O) groups excluding carboxylic acids is 1. The molecule has 0 aliphatic heterocycles. The highest BCUT2D eigenvalue weighted by atomic mass is 79.9. The number of halogens is 1. The van der Waals surface area contributed by atoms with E-state index >= 15 is 0 Å². The van der Waals surface area contributed by atoms with Crippen LogP contribution in [0.15, 0.2) is 15.5 Å². The second-order valence-corrected chi connectivity index (χ2v) is 6.80. The summed E-state index contributed by atoms with van der Waals surface area (Å²) in [5.74, 6) is -0.132. The lowest BCUT2D eigenvalue weighted by Gasteiger charge is -2.24. The number of amides is 1. The molecule has 0 saturated heterocycles. The van der Waals surface area contributed by atoms with Gasteiger partial charge < -0.3 is 10.6 Å². The molecule has 2 N–H and O–H groups in total. The molecule has 1 amide bonds. The Morgan fingerprint density at radius 1 is 1.48 bits per heavy atom. The van der Waals surface area contributed by atoms with Gasteiger partial charge in [0.25, 0.3) is 5.56 Å². The van der Waals surface area contributed by atoms with E-state index in [1.165, 1.54) is 4.68 Å². The maximum Gasteiger partial charge on any atom is 0.283 e. The zero-order valence-corrected chi connectivity index (χ0v) is 14.7. The molecule has 6 nitrogen and oxygen atoms in total. The van der Waals surface area contributed by atoms with E-state index < -0.39 is 6.04 Å².